The highest BCUT2D eigenvalue weighted by Crippen LogP contribution is 2.10. The van der Waals surface area contributed by atoms with Crippen molar-refractivity contribution in [2.45, 2.75) is 6.92 Å². The van der Waals surface area contributed by atoms with E-state index in [4.69, 9.17) is 11.6 Å². The standard InChI is InChI=1S/C18H18ClN3O2/c1-13-2-6-15(12-22-13)18(24)21-11-10-20-17(23)9-5-14-3-7-16(19)8-4-14/h2-9,12H,10-11H2,1H3,(H,20,23)(H,21,24). The van der Waals surface area contributed by atoms with Gasteiger partial charge >= 0.3 is 0 Å². The van der Waals surface area contributed by atoms with Crippen LogP contribution in [0.3, 0.4) is 0 Å². The van der Waals surface area contributed by atoms with Crippen LogP contribution in [-0.2, 0) is 4.79 Å². The minimum Gasteiger partial charge on any atom is -0.351 e. The lowest BCUT2D eigenvalue weighted by atomic mass is 10.2. The van der Waals surface area contributed by atoms with Gasteiger partial charge in [0.15, 0.2) is 0 Å². The average Bonchev–Trinajstić information content (AvgIpc) is 2.58. The summed E-state index contributed by atoms with van der Waals surface area (Å²) >= 11 is 5.79. The highest BCUT2D eigenvalue weighted by Gasteiger charge is 2.04. The van der Waals surface area contributed by atoms with Crippen molar-refractivity contribution in [2.75, 3.05) is 13.1 Å². The summed E-state index contributed by atoms with van der Waals surface area (Å²) in [5.74, 6) is -0.440. The van der Waals surface area contributed by atoms with Gasteiger partial charge in [-0.1, -0.05) is 23.7 Å². The number of aromatic nitrogens is 1. The Labute approximate surface area is 145 Å². The van der Waals surface area contributed by atoms with Crippen LogP contribution in [0.2, 0.25) is 5.02 Å². The number of nitrogens with zero attached hydrogens (tertiary/aromatic N) is 1. The van der Waals surface area contributed by atoms with Crippen molar-refractivity contribution in [3.05, 3.63) is 70.5 Å². The molecule has 0 radical (unpaired) electrons. The Morgan fingerprint density at radius 2 is 1.79 bits per heavy atom. The van der Waals surface area contributed by atoms with Gasteiger partial charge in [0.05, 0.1) is 5.56 Å². The molecule has 2 aromatic rings. The number of aryl methyl sites for hydroxylation is 1. The van der Waals surface area contributed by atoms with Gasteiger partial charge in [-0.3, -0.25) is 14.6 Å². The second kappa shape index (κ2) is 8.84. The van der Waals surface area contributed by atoms with Crippen LogP contribution in [0.15, 0.2) is 48.7 Å². The Bertz CT molecular complexity index is 725. The third-order valence-electron chi connectivity index (χ3n) is 3.18. The number of carbonyl (C=O) groups is 2. The van der Waals surface area contributed by atoms with E-state index in [0.29, 0.717) is 23.7 Å². The fraction of sp³-hybridized carbons (Fsp3) is 0.167. The predicted octanol–water partition coefficient (Wildman–Crippen LogP) is 2.60. The van der Waals surface area contributed by atoms with E-state index >= 15 is 0 Å². The third-order valence-corrected chi connectivity index (χ3v) is 3.43. The number of amides is 2. The molecular formula is C18H18ClN3O2. The number of hydrogen-bond acceptors (Lipinski definition) is 3. The molecule has 5 nitrogen and oxygen atoms in total. The van der Waals surface area contributed by atoms with Gasteiger partial charge in [0.1, 0.15) is 0 Å². The number of halogens is 1. The maximum absolute atomic E-state index is 11.9. The lowest BCUT2D eigenvalue weighted by molar-refractivity contribution is -0.116. The fourth-order valence-corrected chi connectivity index (χ4v) is 2.00. The summed E-state index contributed by atoms with van der Waals surface area (Å²) in [4.78, 5) is 27.6. The summed E-state index contributed by atoms with van der Waals surface area (Å²) in [6.45, 7) is 2.54. The molecule has 0 bridgehead atoms. The Hall–Kier alpha value is -2.66. The zero-order valence-corrected chi connectivity index (χ0v) is 14.0. The first-order chi connectivity index (χ1) is 11.5. The molecule has 0 unspecified atom stereocenters. The summed E-state index contributed by atoms with van der Waals surface area (Å²) in [5, 5.41) is 6.07. The average molecular weight is 344 g/mol. The van der Waals surface area contributed by atoms with Crippen LogP contribution < -0.4 is 10.6 Å². The lowest BCUT2D eigenvalue weighted by Gasteiger charge is -2.05. The van der Waals surface area contributed by atoms with Crippen LogP contribution in [0.1, 0.15) is 21.6 Å². The van der Waals surface area contributed by atoms with Gasteiger partial charge in [-0.05, 0) is 42.8 Å². The molecule has 1 aromatic heterocycles. The monoisotopic (exact) mass is 343 g/mol. The zero-order valence-electron chi connectivity index (χ0n) is 13.3. The van der Waals surface area contributed by atoms with Crippen molar-refractivity contribution in [1.82, 2.24) is 15.6 Å². The first kappa shape index (κ1) is 17.7. The normalized spacial score (nSPS) is 10.6. The van der Waals surface area contributed by atoms with E-state index in [0.717, 1.165) is 11.3 Å². The van der Waals surface area contributed by atoms with E-state index in [1.807, 2.05) is 19.1 Å². The SMILES string of the molecule is Cc1ccc(C(=O)NCCNC(=O)C=Cc2ccc(Cl)cc2)cn1. The number of pyridine rings is 1. The molecule has 1 aromatic carbocycles. The number of carbonyl (C=O) groups excluding carboxylic acids is 2. The molecule has 2 rings (SSSR count). The second-order valence-electron chi connectivity index (χ2n) is 5.12. The van der Waals surface area contributed by atoms with Crippen molar-refractivity contribution in [3.8, 4) is 0 Å². The van der Waals surface area contributed by atoms with Crippen molar-refractivity contribution >= 4 is 29.5 Å². The maximum Gasteiger partial charge on any atom is 0.252 e. The molecule has 0 atom stereocenters. The molecule has 0 spiro atoms. The van der Waals surface area contributed by atoms with E-state index < -0.39 is 0 Å². The third kappa shape index (κ3) is 5.85. The molecular weight excluding hydrogens is 326 g/mol. The van der Waals surface area contributed by atoms with E-state index in [2.05, 4.69) is 15.6 Å². The van der Waals surface area contributed by atoms with Crippen LogP contribution in [0.25, 0.3) is 6.08 Å². The summed E-state index contributed by atoms with van der Waals surface area (Å²) in [6, 6.07) is 10.6. The smallest absolute Gasteiger partial charge is 0.252 e. The van der Waals surface area contributed by atoms with E-state index in [-0.39, 0.29) is 11.8 Å². The highest BCUT2D eigenvalue weighted by molar-refractivity contribution is 6.30. The molecule has 0 aliphatic rings. The van der Waals surface area contributed by atoms with Gasteiger partial charge in [-0.15, -0.1) is 0 Å². The van der Waals surface area contributed by atoms with Crippen LogP contribution in [-0.4, -0.2) is 29.9 Å². The highest BCUT2D eigenvalue weighted by atomic mass is 35.5. The largest absolute Gasteiger partial charge is 0.351 e. The van der Waals surface area contributed by atoms with Crippen LogP contribution in [0, 0.1) is 6.92 Å². The van der Waals surface area contributed by atoms with Gasteiger partial charge in [-0.2, -0.15) is 0 Å². The summed E-state index contributed by atoms with van der Waals surface area (Å²) in [5.41, 5.74) is 2.23. The van der Waals surface area contributed by atoms with Crippen LogP contribution in [0.4, 0.5) is 0 Å². The minimum absolute atomic E-state index is 0.214. The van der Waals surface area contributed by atoms with Crippen LogP contribution >= 0.6 is 11.6 Å². The van der Waals surface area contributed by atoms with Crippen molar-refractivity contribution in [3.63, 3.8) is 0 Å². The maximum atomic E-state index is 11.9. The Balaban J connectivity index is 1.69. The van der Waals surface area contributed by atoms with Crippen molar-refractivity contribution in [1.29, 1.82) is 0 Å². The van der Waals surface area contributed by atoms with E-state index in [1.165, 1.54) is 12.3 Å². The first-order valence-corrected chi connectivity index (χ1v) is 7.85. The van der Waals surface area contributed by atoms with Crippen LogP contribution in [0.5, 0.6) is 0 Å². The molecule has 0 saturated carbocycles. The molecule has 6 heteroatoms. The molecule has 0 fully saturated rings. The second-order valence-corrected chi connectivity index (χ2v) is 5.56. The molecule has 1 heterocycles. The fourth-order valence-electron chi connectivity index (χ4n) is 1.87. The summed E-state index contributed by atoms with van der Waals surface area (Å²) < 4.78 is 0. The molecule has 0 aliphatic heterocycles. The van der Waals surface area contributed by atoms with E-state index in [1.54, 1.807) is 30.3 Å². The van der Waals surface area contributed by atoms with Gasteiger partial charge in [0, 0.05) is 36.1 Å². The lowest BCUT2D eigenvalue weighted by Crippen LogP contribution is -2.34. The molecule has 2 N–H and O–H groups in total. The zero-order chi connectivity index (χ0) is 17.4. The summed E-state index contributed by atoms with van der Waals surface area (Å²) in [6.07, 6.45) is 4.66. The Morgan fingerprint density at radius 1 is 1.08 bits per heavy atom. The number of nitrogens with one attached hydrogen (secondary N) is 2. The minimum atomic E-state index is -0.226. The number of rotatable bonds is 6. The molecule has 0 aliphatic carbocycles. The Kier molecular flexibility index (Phi) is 6.51. The van der Waals surface area contributed by atoms with Crippen molar-refractivity contribution < 1.29 is 9.59 Å². The van der Waals surface area contributed by atoms with Gasteiger partial charge in [0.25, 0.3) is 5.91 Å². The quantitative estimate of drug-likeness (QED) is 0.625. The number of benzene rings is 1. The topological polar surface area (TPSA) is 71.1 Å². The van der Waals surface area contributed by atoms with Gasteiger partial charge < -0.3 is 10.6 Å². The van der Waals surface area contributed by atoms with Crippen molar-refractivity contribution in [2.24, 2.45) is 0 Å². The molecule has 24 heavy (non-hydrogen) atoms. The van der Waals surface area contributed by atoms with Gasteiger partial charge in [0.2, 0.25) is 5.91 Å². The molecule has 124 valence electrons. The van der Waals surface area contributed by atoms with Gasteiger partial charge in [-0.25, -0.2) is 0 Å². The molecule has 2 amide bonds. The van der Waals surface area contributed by atoms with E-state index in [9.17, 15) is 9.59 Å². The number of hydrogen-bond donors (Lipinski definition) is 2. The molecule has 0 saturated heterocycles. The first-order valence-electron chi connectivity index (χ1n) is 7.47. The Morgan fingerprint density at radius 3 is 2.46 bits per heavy atom. The predicted molar refractivity (Wildman–Crippen MR) is 94.8 cm³/mol. The summed E-state index contributed by atoms with van der Waals surface area (Å²) in [7, 11) is 0.